The van der Waals surface area contributed by atoms with Crippen molar-refractivity contribution in [3.8, 4) is 5.88 Å². The molecule has 122 valence electrons. The van der Waals surface area contributed by atoms with Crippen LogP contribution < -0.4 is 4.74 Å². The molecule has 0 radical (unpaired) electrons. The number of hydrogen-bond donors (Lipinski definition) is 0. The zero-order chi connectivity index (χ0) is 16.8. The summed E-state index contributed by atoms with van der Waals surface area (Å²) in [5.41, 5.74) is 3.74. The van der Waals surface area contributed by atoms with E-state index in [1.165, 1.54) is 11.1 Å². The first-order chi connectivity index (χ1) is 9.96. The second-order valence-electron chi connectivity index (χ2n) is 4.75. The van der Waals surface area contributed by atoms with Crippen LogP contribution in [0, 0.1) is 13.8 Å². The number of methoxy groups -OCH3 is 1. The highest BCUT2D eigenvalue weighted by molar-refractivity contribution is 5.75. The van der Waals surface area contributed by atoms with Crippen LogP contribution in [0.5, 0.6) is 5.88 Å². The largest absolute Gasteiger partial charge is 0.481 e. The first-order valence-electron chi connectivity index (χ1n) is 7.96. The van der Waals surface area contributed by atoms with Crippen LogP contribution >= 0.6 is 0 Å². The van der Waals surface area contributed by atoms with Crippen molar-refractivity contribution in [3.63, 3.8) is 0 Å². The first-order valence-corrected chi connectivity index (χ1v) is 7.96. The van der Waals surface area contributed by atoms with Crippen molar-refractivity contribution in [2.45, 2.75) is 74.1 Å². The van der Waals surface area contributed by atoms with E-state index in [1.807, 2.05) is 33.8 Å². The molecule has 0 fully saturated rings. The van der Waals surface area contributed by atoms with E-state index in [9.17, 15) is 4.79 Å². The highest BCUT2D eigenvalue weighted by atomic mass is 16.5. The van der Waals surface area contributed by atoms with Crippen LogP contribution in [0.4, 0.5) is 0 Å². The Kier molecular flexibility index (Phi) is 14.2. The van der Waals surface area contributed by atoms with Gasteiger partial charge in [0.1, 0.15) is 5.78 Å². The smallest absolute Gasteiger partial charge is 0.213 e. The Bertz CT molecular complexity index is 377. The molecule has 0 amide bonds. The first kappa shape index (κ1) is 21.9. The van der Waals surface area contributed by atoms with E-state index in [0.717, 1.165) is 37.3 Å². The number of ketones is 1. The molecule has 0 N–H and O–H groups in total. The zero-order valence-electron chi connectivity index (χ0n) is 15.2. The number of nitrogens with zero attached hydrogens (tertiary/aromatic N) is 1. The van der Waals surface area contributed by atoms with Crippen LogP contribution in [-0.2, 0) is 11.2 Å². The van der Waals surface area contributed by atoms with Gasteiger partial charge in [0.15, 0.2) is 0 Å². The van der Waals surface area contributed by atoms with Gasteiger partial charge in [0.05, 0.1) is 7.11 Å². The summed E-state index contributed by atoms with van der Waals surface area (Å²) < 4.78 is 5.10. The van der Waals surface area contributed by atoms with E-state index in [0.29, 0.717) is 0 Å². The molecule has 0 aliphatic rings. The third kappa shape index (κ3) is 10.1. The Balaban J connectivity index is 0. The molecule has 3 heteroatoms. The molecule has 0 saturated heterocycles. The fourth-order valence-electron chi connectivity index (χ4n) is 1.91. The van der Waals surface area contributed by atoms with Crippen LogP contribution in [0.2, 0.25) is 0 Å². The van der Waals surface area contributed by atoms with Gasteiger partial charge in [0.2, 0.25) is 5.88 Å². The van der Waals surface area contributed by atoms with Gasteiger partial charge in [-0.2, -0.15) is 0 Å². The highest BCUT2D eigenvalue weighted by Crippen LogP contribution is 2.18. The average molecular weight is 295 g/mol. The Morgan fingerprint density at radius 2 is 1.76 bits per heavy atom. The maximum absolute atomic E-state index is 10.0. The highest BCUT2D eigenvalue weighted by Gasteiger charge is 2.05. The predicted molar refractivity (Wildman–Crippen MR) is 91.2 cm³/mol. The van der Waals surface area contributed by atoms with Crippen LogP contribution in [0.1, 0.15) is 70.7 Å². The van der Waals surface area contributed by atoms with Gasteiger partial charge in [0, 0.05) is 18.2 Å². The number of carbonyl (C=O) groups excluding carboxylic acids is 1. The van der Waals surface area contributed by atoms with Gasteiger partial charge in [-0.25, -0.2) is 4.98 Å². The van der Waals surface area contributed by atoms with Crippen LogP contribution in [0.25, 0.3) is 0 Å². The van der Waals surface area contributed by atoms with Crippen molar-refractivity contribution in [1.82, 2.24) is 4.98 Å². The molecule has 0 aromatic carbocycles. The van der Waals surface area contributed by atoms with Crippen molar-refractivity contribution in [2.24, 2.45) is 0 Å². The van der Waals surface area contributed by atoms with Crippen molar-refractivity contribution < 1.29 is 9.53 Å². The number of carbonyl (C=O) groups is 1. The minimum atomic E-state index is 0.289. The summed E-state index contributed by atoms with van der Waals surface area (Å²) in [4.78, 5) is 14.4. The molecule has 1 rings (SSSR count). The minimum Gasteiger partial charge on any atom is -0.481 e. The maximum Gasteiger partial charge on any atom is 0.213 e. The molecule has 3 nitrogen and oxygen atoms in total. The summed E-state index contributed by atoms with van der Waals surface area (Å²) in [6.07, 6.45) is 3.99. The third-order valence-corrected chi connectivity index (χ3v) is 2.84. The molecular formula is C18H33NO2. The second-order valence-corrected chi connectivity index (χ2v) is 4.75. The lowest BCUT2D eigenvalue weighted by Gasteiger charge is -2.09. The van der Waals surface area contributed by atoms with Crippen LogP contribution in [0.15, 0.2) is 6.07 Å². The number of hydrogen-bond acceptors (Lipinski definition) is 3. The normalized spacial score (nSPS) is 8.95. The van der Waals surface area contributed by atoms with Gasteiger partial charge in [-0.05, 0) is 44.7 Å². The number of aromatic nitrogens is 1. The van der Waals surface area contributed by atoms with Crippen molar-refractivity contribution in [2.75, 3.05) is 7.11 Å². The van der Waals surface area contributed by atoms with Gasteiger partial charge in [-0.1, -0.05) is 34.1 Å². The fourth-order valence-corrected chi connectivity index (χ4v) is 1.91. The number of ether oxygens (including phenoxy) is 1. The third-order valence-electron chi connectivity index (χ3n) is 2.84. The Morgan fingerprint density at radius 1 is 1.19 bits per heavy atom. The van der Waals surface area contributed by atoms with Crippen LogP contribution in [0.3, 0.4) is 0 Å². The minimum absolute atomic E-state index is 0.289. The topological polar surface area (TPSA) is 39.2 Å². The summed E-state index contributed by atoms with van der Waals surface area (Å²) in [5.74, 6) is 1.01. The summed E-state index contributed by atoms with van der Waals surface area (Å²) in [6, 6.07) is 2.00. The summed E-state index contributed by atoms with van der Waals surface area (Å²) in [5, 5.41) is 0. The number of Topliss-reactive ketones (excluding diaryl/α,β-unsaturated/α-hetero) is 1. The van der Waals surface area contributed by atoms with Gasteiger partial charge in [-0.15, -0.1) is 0 Å². The molecule has 0 atom stereocenters. The lowest BCUT2D eigenvalue weighted by molar-refractivity contribution is -0.117. The summed E-state index contributed by atoms with van der Waals surface area (Å²) in [7, 11) is 1.65. The van der Waals surface area contributed by atoms with Crippen molar-refractivity contribution >= 4 is 5.78 Å². The summed E-state index contributed by atoms with van der Waals surface area (Å²) in [6.45, 7) is 14.0. The second kappa shape index (κ2) is 13.6. The van der Waals surface area contributed by atoms with E-state index >= 15 is 0 Å². The fraction of sp³-hybridized carbons (Fsp3) is 0.667. The standard InChI is InChI=1S/C11H17NO.C5H10O.C2H6/c1-5-6-10-8(2)7-11(13-4)12-9(10)3;1-3-4-5(2)6;1-2/h7H,5-6H2,1-4H3;3-4H2,1-2H3;1-2H3. The van der Waals surface area contributed by atoms with E-state index < -0.39 is 0 Å². The SMILES string of the molecule is CC.CCCC(C)=O.CCCc1c(C)cc(OC)nc1C. The molecule has 21 heavy (non-hydrogen) atoms. The number of rotatable bonds is 5. The van der Waals surface area contributed by atoms with Gasteiger partial charge >= 0.3 is 0 Å². The molecule has 0 spiro atoms. The molecule has 1 heterocycles. The molecule has 0 unspecified atom stereocenters. The molecule has 0 aliphatic carbocycles. The lowest BCUT2D eigenvalue weighted by Crippen LogP contribution is -1.99. The molecular weight excluding hydrogens is 262 g/mol. The zero-order valence-corrected chi connectivity index (χ0v) is 15.2. The van der Waals surface area contributed by atoms with Crippen LogP contribution in [-0.4, -0.2) is 17.9 Å². The Labute approximate surface area is 131 Å². The van der Waals surface area contributed by atoms with E-state index in [1.54, 1.807) is 14.0 Å². The van der Waals surface area contributed by atoms with Crippen molar-refractivity contribution in [3.05, 3.63) is 22.9 Å². The van der Waals surface area contributed by atoms with E-state index in [4.69, 9.17) is 4.74 Å². The average Bonchev–Trinajstić information content (AvgIpc) is 2.45. The molecule has 0 aliphatic heterocycles. The molecule has 1 aromatic rings. The summed E-state index contributed by atoms with van der Waals surface area (Å²) >= 11 is 0. The molecule has 0 saturated carbocycles. The number of pyridine rings is 1. The maximum atomic E-state index is 10.0. The quantitative estimate of drug-likeness (QED) is 0.762. The molecule has 0 bridgehead atoms. The molecule has 1 aromatic heterocycles. The number of aryl methyl sites for hydroxylation is 2. The van der Waals surface area contributed by atoms with Crippen molar-refractivity contribution in [1.29, 1.82) is 0 Å². The van der Waals surface area contributed by atoms with E-state index in [-0.39, 0.29) is 5.78 Å². The van der Waals surface area contributed by atoms with Gasteiger partial charge in [0.25, 0.3) is 0 Å². The Morgan fingerprint density at radius 3 is 2.05 bits per heavy atom. The van der Waals surface area contributed by atoms with E-state index in [2.05, 4.69) is 18.8 Å². The van der Waals surface area contributed by atoms with Gasteiger partial charge < -0.3 is 9.53 Å². The monoisotopic (exact) mass is 295 g/mol. The Hall–Kier alpha value is -1.38. The predicted octanol–water partition coefficient (Wildman–Crippen LogP) is 5.06. The van der Waals surface area contributed by atoms with Gasteiger partial charge in [-0.3, -0.25) is 0 Å². The lowest BCUT2D eigenvalue weighted by atomic mass is 10.0.